The first kappa shape index (κ1) is 21.7. The molecule has 3 atom stereocenters. The number of amides is 1. The highest BCUT2D eigenvalue weighted by Gasteiger charge is 2.41. The molecule has 2 aromatic carbocycles. The topological polar surface area (TPSA) is 98.9 Å². The number of hydrogen-bond acceptors (Lipinski definition) is 6. The summed E-state index contributed by atoms with van der Waals surface area (Å²) in [6.45, 7) is 2.89. The second kappa shape index (κ2) is 9.32. The van der Waals surface area contributed by atoms with Gasteiger partial charge in [0.25, 0.3) is 5.69 Å². The molecule has 2 aromatic rings. The highest BCUT2D eigenvalue weighted by Crippen LogP contribution is 2.32. The summed E-state index contributed by atoms with van der Waals surface area (Å²) < 4.78 is 0. The second-order valence-electron chi connectivity index (χ2n) is 8.06. The number of likely N-dealkylation sites (tertiary alicyclic amines) is 2. The number of aliphatic hydroxyl groups is 1. The molecule has 0 aliphatic carbocycles. The average Bonchev–Trinajstić information content (AvgIpc) is 3.40. The minimum atomic E-state index is -0.627. The van der Waals surface area contributed by atoms with Crippen LogP contribution < -0.4 is 5.32 Å². The van der Waals surface area contributed by atoms with E-state index in [1.165, 1.54) is 12.1 Å². The molecule has 0 aromatic heterocycles. The van der Waals surface area contributed by atoms with Gasteiger partial charge in [-0.1, -0.05) is 41.9 Å². The molecular weight excluding hydrogens is 420 g/mol. The first-order valence-corrected chi connectivity index (χ1v) is 10.8. The van der Waals surface area contributed by atoms with Gasteiger partial charge in [0.2, 0.25) is 5.91 Å². The van der Waals surface area contributed by atoms with Crippen molar-refractivity contribution in [2.45, 2.75) is 31.0 Å². The molecule has 2 N–H and O–H groups in total. The molecule has 8 nitrogen and oxygen atoms in total. The van der Waals surface area contributed by atoms with E-state index in [-0.39, 0.29) is 22.7 Å². The molecule has 164 valence electrons. The number of carbonyl (C=O) groups is 1. The van der Waals surface area contributed by atoms with Crippen LogP contribution in [0.5, 0.6) is 0 Å². The minimum Gasteiger partial charge on any atom is -0.390 e. The van der Waals surface area contributed by atoms with Gasteiger partial charge < -0.3 is 10.4 Å². The van der Waals surface area contributed by atoms with Gasteiger partial charge in [-0.05, 0) is 43.6 Å². The first-order valence-electron chi connectivity index (χ1n) is 10.4. The van der Waals surface area contributed by atoms with E-state index in [4.69, 9.17) is 11.6 Å². The number of β-amino-alcohol motifs (C(OH)–C–C–N with tert-alkyl or cyclic N) is 1. The Balaban J connectivity index is 1.58. The van der Waals surface area contributed by atoms with Gasteiger partial charge in [-0.3, -0.25) is 24.7 Å². The van der Waals surface area contributed by atoms with Gasteiger partial charge in [0.1, 0.15) is 11.1 Å². The second-order valence-corrected chi connectivity index (χ2v) is 8.46. The van der Waals surface area contributed by atoms with Gasteiger partial charge in [-0.15, -0.1) is 0 Å². The number of nitro groups is 1. The zero-order valence-corrected chi connectivity index (χ0v) is 17.7. The van der Waals surface area contributed by atoms with Gasteiger partial charge in [-0.2, -0.15) is 0 Å². The molecular formula is C22H25ClN4O4. The van der Waals surface area contributed by atoms with E-state index in [0.29, 0.717) is 18.8 Å². The van der Waals surface area contributed by atoms with E-state index < -0.39 is 17.1 Å². The number of nitrogens with zero attached hydrogens (tertiary/aromatic N) is 3. The summed E-state index contributed by atoms with van der Waals surface area (Å²) in [5.74, 6) is -0.308. The average molecular weight is 445 g/mol. The number of halogens is 1. The SMILES string of the molecule is O=C(Nc1ccc(Cl)c([N+](=O)[O-])c1)[C@H](c1ccccc1)N1C[C@@H](O)[C@@H](N2CCCC2)C1. The van der Waals surface area contributed by atoms with E-state index in [0.717, 1.165) is 31.5 Å². The molecule has 2 fully saturated rings. The van der Waals surface area contributed by atoms with Crippen LogP contribution in [-0.4, -0.2) is 64.1 Å². The third-order valence-electron chi connectivity index (χ3n) is 6.04. The minimum absolute atomic E-state index is 0.00173. The maximum atomic E-state index is 13.3. The summed E-state index contributed by atoms with van der Waals surface area (Å²) >= 11 is 5.89. The lowest BCUT2D eigenvalue weighted by Crippen LogP contribution is -2.42. The van der Waals surface area contributed by atoms with Crippen molar-refractivity contribution < 1.29 is 14.8 Å². The molecule has 0 saturated carbocycles. The van der Waals surface area contributed by atoms with Crippen LogP contribution in [0.1, 0.15) is 24.4 Å². The third kappa shape index (κ3) is 4.72. The van der Waals surface area contributed by atoms with Crippen LogP contribution in [-0.2, 0) is 4.79 Å². The number of hydrogen-bond donors (Lipinski definition) is 2. The lowest BCUT2D eigenvalue weighted by Gasteiger charge is -2.29. The van der Waals surface area contributed by atoms with Crippen LogP contribution in [0.25, 0.3) is 0 Å². The van der Waals surface area contributed by atoms with Gasteiger partial charge in [-0.25, -0.2) is 0 Å². The van der Waals surface area contributed by atoms with E-state index in [1.54, 1.807) is 6.07 Å². The Kier molecular flexibility index (Phi) is 6.52. The number of anilines is 1. The van der Waals surface area contributed by atoms with Crippen molar-refractivity contribution in [3.8, 4) is 0 Å². The molecule has 1 amide bonds. The first-order chi connectivity index (χ1) is 14.9. The van der Waals surface area contributed by atoms with Crippen molar-refractivity contribution in [3.63, 3.8) is 0 Å². The van der Waals surface area contributed by atoms with Crippen molar-refractivity contribution in [1.82, 2.24) is 9.80 Å². The summed E-state index contributed by atoms with van der Waals surface area (Å²) in [4.78, 5) is 28.2. The third-order valence-corrected chi connectivity index (χ3v) is 6.36. The molecule has 0 radical (unpaired) electrons. The van der Waals surface area contributed by atoms with Crippen molar-refractivity contribution in [2.75, 3.05) is 31.5 Å². The molecule has 2 aliphatic heterocycles. The van der Waals surface area contributed by atoms with Crippen molar-refractivity contribution in [1.29, 1.82) is 0 Å². The fourth-order valence-electron chi connectivity index (χ4n) is 4.55. The fourth-order valence-corrected chi connectivity index (χ4v) is 4.73. The smallest absolute Gasteiger partial charge is 0.289 e. The predicted octanol–water partition coefficient (Wildman–Crippen LogP) is 3.07. The fraction of sp³-hybridized carbons (Fsp3) is 0.409. The number of nitrogens with one attached hydrogen (secondary N) is 1. The van der Waals surface area contributed by atoms with Crippen molar-refractivity contribution >= 4 is 28.9 Å². The maximum absolute atomic E-state index is 13.3. The molecule has 2 saturated heterocycles. The summed E-state index contributed by atoms with van der Waals surface area (Å²) in [5, 5.41) is 24.7. The van der Waals surface area contributed by atoms with Crippen molar-refractivity contribution in [3.05, 3.63) is 69.2 Å². The largest absolute Gasteiger partial charge is 0.390 e. The zero-order chi connectivity index (χ0) is 22.0. The molecule has 2 aliphatic rings. The maximum Gasteiger partial charge on any atom is 0.289 e. The Morgan fingerprint density at radius 1 is 1.16 bits per heavy atom. The van der Waals surface area contributed by atoms with E-state index >= 15 is 0 Å². The number of benzene rings is 2. The molecule has 2 heterocycles. The monoisotopic (exact) mass is 444 g/mol. The molecule has 0 bridgehead atoms. The van der Waals surface area contributed by atoms with E-state index in [2.05, 4.69) is 10.2 Å². The highest BCUT2D eigenvalue weighted by molar-refractivity contribution is 6.32. The Morgan fingerprint density at radius 3 is 2.55 bits per heavy atom. The molecule has 0 spiro atoms. The molecule has 31 heavy (non-hydrogen) atoms. The predicted molar refractivity (Wildman–Crippen MR) is 118 cm³/mol. The lowest BCUT2D eigenvalue weighted by molar-refractivity contribution is -0.384. The van der Waals surface area contributed by atoms with Crippen LogP contribution in [0.15, 0.2) is 48.5 Å². The Bertz CT molecular complexity index is 952. The van der Waals surface area contributed by atoms with Crippen LogP contribution in [0.3, 0.4) is 0 Å². The number of rotatable bonds is 6. The van der Waals surface area contributed by atoms with Crippen molar-refractivity contribution in [2.24, 2.45) is 0 Å². The Labute approximate surface area is 185 Å². The Morgan fingerprint density at radius 2 is 1.87 bits per heavy atom. The molecule has 0 unspecified atom stereocenters. The summed E-state index contributed by atoms with van der Waals surface area (Å²) in [5.41, 5.74) is 0.844. The van der Waals surface area contributed by atoms with Crippen LogP contribution in [0.2, 0.25) is 5.02 Å². The summed E-state index contributed by atoms with van der Waals surface area (Å²) in [6, 6.07) is 12.9. The summed E-state index contributed by atoms with van der Waals surface area (Å²) in [7, 11) is 0. The normalized spacial score (nSPS) is 23.0. The number of carbonyl (C=O) groups excluding carboxylic acids is 1. The van der Waals surface area contributed by atoms with Crippen LogP contribution >= 0.6 is 11.6 Å². The van der Waals surface area contributed by atoms with Gasteiger partial charge >= 0.3 is 0 Å². The van der Waals surface area contributed by atoms with Gasteiger partial charge in [0.15, 0.2) is 0 Å². The standard InChI is InChI=1S/C22H25ClN4O4/c23-17-9-8-16(12-18(17)27(30)31)24-22(29)21(15-6-2-1-3-7-15)26-13-19(20(28)14-26)25-10-4-5-11-25/h1-3,6-9,12,19-21,28H,4-5,10-11,13-14H2,(H,24,29)/t19-,20+,21-/m0/s1. The summed E-state index contributed by atoms with van der Waals surface area (Å²) in [6.07, 6.45) is 1.72. The van der Waals surface area contributed by atoms with Crippen LogP contribution in [0, 0.1) is 10.1 Å². The lowest BCUT2D eigenvalue weighted by atomic mass is 10.0. The highest BCUT2D eigenvalue weighted by atomic mass is 35.5. The number of nitro benzene ring substituents is 1. The van der Waals surface area contributed by atoms with Gasteiger partial charge in [0.05, 0.1) is 11.0 Å². The Hall–Kier alpha value is -2.52. The number of aliphatic hydroxyl groups excluding tert-OH is 1. The van der Waals surface area contributed by atoms with Gasteiger partial charge in [0, 0.05) is 30.9 Å². The zero-order valence-electron chi connectivity index (χ0n) is 17.0. The molecule has 4 rings (SSSR count). The van der Waals surface area contributed by atoms with E-state index in [1.807, 2.05) is 35.2 Å². The quantitative estimate of drug-likeness (QED) is 0.524. The molecule has 9 heteroatoms. The van der Waals surface area contributed by atoms with Crippen LogP contribution in [0.4, 0.5) is 11.4 Å². The van der Waals surface area contributed by atoms with E-state index in [9.17, 15) is 20.0 Å².